The SMILES string of the molecule is COc1cc(CNc2ccc(C)cc2C)ccc1OCc1cccc(Cl)c1. The van der Waals surface area contributed by atoms with Crippen molar-refractivity contribution in [2.75, 3.05) is 12.4 Å². The number of benzene rings is 3. The maximum atomic E-state index is 6.02. The average molecular weight is 382 g/mol. The molecule has 3 aromatic carbocycles. The predicted molar refractivity (Wildman–Crippen MR) is 112 cm³/mol. The van der Waals surface area contributed by atoms with Crippen LogP contribution < -0.4 is 14.8 Å². The summed E-state index contributed by atoms with van der Waals surface area (Å²) in [7, 11) is 1.66. The Labute approximate surface area is 165 Å². The number of rotatable bonds is 7. The van der Waals surface area contributed by atoms with Gasteiger partial charge in [0.25, 0.3) is 0 Å². The van der Waals surface area contributed by atoms with E-state index in [0.717, 1.165) is 29.1 Å². The first kappa shape index (κ1) is 19.1. The number of nitrogens with one attached hydrogen (secondary N) is 1. The summed E-state index contributed by atoms with van der Waals surface area (Å²) in [6.45, 7) is 5.37. The molecule has 0 aliphatic heterocycles. The number of anilines is 1. The minimum absolute atomic E-state index is 0.442. The highest BCUT2D eigenvalue weighted by Gasteiger charge is 2.07. The lowest BCUT2D eigenvalue weighted by molar-refractivity contribution is 0.284. The van der Waals surface area contributed by atoms with Crippen LogP contribution >= 0.6 is 11.6 Å². The third-order valence-corrected chi connectivity index (χ3v) is 4.61. The normalized spacial score (nSPS) is 10.5. The zero-order valence-corrected chi connectivity index (χ0v) is 16.6. The minimum atomic E-state index is 0.442. The van der Waals surface area contributed by atoms with Gasteiger partial charge >= 0.3 is 0 Å². The molecule has 4 heteroatoms. The maximum Gasteiger partial charge on any atom is 0.161 e. The lowest BCUT2D eigenvalue weighted by atomic mass is 10.1. The first-order chi connectivity index (χ1) is 13.0. The Morgan fingerprint density at radius 3 is 2.48 bits per heavy atom. The summed E-state index contributed by atoms with van der Waals surface area (Å²) >= 11 is 6.02. The van der Waals surface area contributed by atoms with E-state index in [9.17, 15) is 0 Å². The molecule has 140 valence electrons. The van der Waals surface area contributed by atoms with Crippen LogP contribution in [0, 0.1) is 13.8 Å². The number of methoxy groups -OCH3 is 1. The molecule has 0 saturated carbocycles. The lowest BCUT2D eigenvalue weighted by Gasteiger charge is -2.14. The first-order valence-electron chi connectivity index (χ1n) is 8.90. The van der Waals surface area contributed by atoms with Crippen LogP contribution in [0.4, 0.5) is 5.69 Å². The van der Waals surface area contributed by atoms with Crippen molar-refractivity contribution in [3.05, 3.63) is 87.9 Å². The molecule has 0 saturated heterocycles. The molecule has 3 aromatic rings. The van der Waals surface area contributed by atoms with Gasteiger partial charge < -0.3 is 14.8 Å². The van der Waals surface area contributed by atoms with E-state index in [0.29, 0.717) is 17.4 Å². The molecule has 0 radical (unpaired) electrons. The van der Waals surface area contributed by atoms with Gasteiger partial charge in [0.15, 0.2) is 11.5 Å². The third kappa shape index (κ3) is 5.18. The monoisotopic (exact) mass is 381 g/mol. The summed E-state index contributed by atoms with van der Waals surface area (Å²) in [5.41, 5.74) is 5.79. The number of hydrogen-bond donors (Lipinski definition) is 1. The van der Waals surface area contributed by atoms with Crippen molar-refractivity contribution in [2.45, 2.75) is 27.0 Å². The van der Waals surface area contributed by atoms with Gasteiger partial charge in [-0.05, 0) is 60.9 Å². The van der Waals surface area contributed by atoms with Gasteiger partial charge in [0.05, 0.1) is 7.11 Å². The number of hydrogen-bond acceptors (Lipinski definition) is 3. The van der Waals surface area contributed by atoms with E-state index in [2.05, 4.69) is 37.4 Å². The Bertz CT molecular complexity index is 924. The molecule has 0 spiro atoms. The smallest absolute Gasteiger partial charge is 0.161 e. The van der Waals surface area contributed by atoms with E-state index >= 15 is 0 Å². The summed E-state index contributed by atoms with van der Waals surface area (Å²) < 4.78 is 11.4. The zero-order valence-electron chi connectivity index (χ0n) is 15.9. The van der Waals surface area contributed by atoms with Gasteiger partial charge in [-0.2, -0.15) is 0 Å². The van der Waals surface area contributed by atoms with Crippen LogP contribution in [-0.4, -0.2) is 7.11 Å². The quantitative estimate of drug-likeness (QED) is 0.531. The highest BCUT2D eigenvalue weighted by Crippen LogP contribution is 2.29. The van der Waals surface area contributed by atoms with E-state index < -0.39 is 0 Å². The molecule has 3 nitrogen and oxygen atoms in total. The fourth-order valence-electron chi connectivity index (χ4n) is 2.94. The molecule has 0 aliphatic carbocycles. The highest BCUT2D eigenvalue weighted by molar-refractivity contribution is 6.30. The summed E-state index contributed by atoms with van der Waals surface area (Å²) in [4.78, 5) is 0. The van der Waals surface area contributed by atoms with Crippen LogP contribution in [0.2, 0.25) is 5.02 Å². The maximum absolute atomic E-state index is 6.02. The Kier molecular flexibility index (Phi) is 6.25. The van der Waals surface area contributed by atoms with Gasteiger partial charge in [0.2, 0.25) is 0 Å². The summed E-state index contributed by atoms with van der Waals surface area (Å²) in [6.07, 6.45) is 0. The molecule has 1 N–H and O–H groups in total. The number of aryl methyl sites for hydroxylation is 2. The Hall–Kier alpha value is -2.65. The van der Waals surface area contributed by atoms with Gasteiger partial charge in [-0.25, -0.2) is 0 Å². The molecule has 27 heavy (non-hydrogen) atoms. The molecule has 0 unspecified atom stereocenters. The largest absolute Gasteiger partial charge is 0.493 e. The fraction of sp³-hybridized carbons (Fsp3) is 0.217. The predicted octanol–water partition coefficient (Wildman–Crippen LogP) is 6.16. The second-order valence-electron chi connectivity index (χ2n) is 6.58. The molecular formula is C23H24ClNO2. The summed E-state index contributed by atoms with van der Waals surface area (Å²) in [5.74, 6) is 1.43. The van der Waals surface area contributed by atoms with Crippen molar-refractivity contribution in [3.8, 4) is 11.5 Å². The molecule has 0 aliphatic rings. The molecule has 0 fully saturated rings. The average Bonchev–Trinajstić information content (AvgIpc) is 2.66. The van der Waals surface area contributed by atoms with Crippen LogP contribution in [0.25, 0.3) is 0 Å². The van der Waals surface area contributed by atoms with Crippen molar-refractivity contribution < 1.29 is 9.47 Å². The second-order valence-corrected chi connectivity index (χ2v) is 7.01. The van der Waals surface area contributed by atoms with E-state index in [1.54, 1.807) is 7.11 Å². The molecule has 3 rings (SSSR count). The number of ether oxygens (including phenoxy) is 2. The minimum Gasteiger partial charge on any atom is -0.493 e. The molecule has 0 amide bonds. The van der Waals surface area contributed by atoms with E-state index in [1.807, 2.05) is 42.5 Å². The van der Waals surface area contributed by atoms with Crippen molar-refractivity contribution in [2.24, 2.45) is 0 Å². The zero-order chi connectivity index (χ0) is 19.2. The van der Waals surface area contributed by atoms with Crippen LogP contribution in [-0.2, 0) is 13.2 Å². The third-order valence-electron chi connectivity index (χ3n) is 4.38. The summed E-state index contributed by atoms with van der Waals surface area (Å²) in [5, 5.41) is 4.18. The Morgan fingerprint density at radius 1 is 0.889 bits per heavy atom. The van der Waals surface area contributed by atoms with Gasteiger partial charge in [-0.15, -0.1) is 0 Å². The van der Waals surface area contributed by atoms with Crippen molar-refractivity contribution in [1.82, 2.24) is 0 Å². The van der Waals surface area contributed by atoms with Crippen molar-refractivity contribution in [3.63, 3.8) is 0 Å². The second kappa shape index (κ2) is 8.83. The van der Waals surface area contributed by atoms with Crippen LogP contribution in [0.3, 0.4) is 0 Å². The molecule has 0 atom stereocenters. The fourth-order valence-corrected chi connectivity index (χ4v) is 3.15. The molecule has 0 bridgehead atoms. The van der Waals surface area contributed by atoms with E-state index in [4.69, 9.17) is 21.1 Å². The van der Waals surface area contributed by atoms with Gasteiger partial charge in [-0.1, -0.05) is 47.5 Å². The van der Waals surface area contributed by atoms with Gasteiger partial charge in [-0.3, -0.25) is 0 Å². The summed E-state index contributed by atoms with van der Waals surface area (Å²) in [6, 6.07) is 20.1. The Morgan fingerprint density at radius 2 is 1.74 bits per heavy atom. The topological polar surface area (TPSA) is 30.5 Å². The number of halogens is 1. The highest BCUT2D eigenvalue weighted by atomic mass is 35.5. The van der Waals surface area contributed by atoms with Crippen molar-refractivity contribution in [1.29, 1.82) is 0 Å². The molecule has 0 aromatic heterocycles. The molecular weight excluding hydrogens is 358 g/mol. The molecule has 0 heterocycles. The van der Waals surface area contributed by atoms with E-state index in [-0.39, 0.29) is 0 Å². The van der Waals surface area contributed by atoms with Crippen LogP contribution in [0.5, 0.6) is 11.5 Å². The van der Waals surface area contributed by atoms with Crippen LogP contribution in [0.15, 0.2) is 60.7 Å². The Balaban J connectivity index is 1.66. The van der Waals surface area contributed by atoms with Crippen LogP contribution in [0.1, 0.15) is 22.3 Å². The van der Waals surface area contributed by atoms with Crippen molar-refractivity contribution >= 4 is 17.3 Å². The first-order valence-corrected chi connectivity index (χ1v) is 9.28. The lowest BCUT2D eigenvalue weighted by Crippen LogP contribution is -2.03. The van der Waals surface area contributed by atoms with E-state index in [1.165, 1.54) is 11.1 Å². The van der Waals surface area contributed by atoms with Gasteiger partial charge in [0.1, 0.15) is 6.61 Å². The van der Waals surface area contributed by atoms with Gasteiger partial charge in [0, 0.05) is 17.3 Å². The standard InChI is InChI=1S/C23H24ClNO2/c1-16-7-9-21(17(2)11-16)25-14-18-8-10-22(23(13-18)26-3)27-15-19-5-4-6-20(24)12-19/h4-13,25H,14-15H2,1-3H3.